The molecule has 12 heteroatoms. The van der Waals surface area contributed by atoms with Gasteiger partial charge in [-0.15, -0.1) is 22.7 Å². The highest BCUT2D eigenvalue weighted by atomic mass is 32.1. The zero-order valence-corrected chi connectivity index (χ0v) is 55.1. The Labute approximate surface area is 543 Å². The van der Waals surface area contributed by atoms with Crippen molar-refractivity contribution in [1.29, 1.82) is 0 Å². The summed E-state index contributed by atoms with van der Waals surface area (Å²) in [5.41, 5.74) is 25.3. The summed E-state index contributed by atoms with van der Waals surface area (Å²) in [6, 6.07) is 53.9. The standard InChI is InChI=1S/2C40H33N3O2S/c1-22-16-23(2)35(24(3)17-22)25-14-15-33-31(18-25)40(4,5)32-20-27(19-30-37(44)28-11-7-8-12-29(28)38(30)45)46-39(32)43(33)34-13-9-10-26-21-41-42(6)36(26)34;1-22-16-23(2)36(24(3)17-22)25-14-15-35-31(18-25)40(4,5)32-20-26(19-29-37(44)27-10-7-8-11-28(27)38(29)45)46-39(32)43(35)34-13-9-12-33-30(34)21-41-42(33)6/h2*7-21H,1-6H3. The number of Topliss-reactive ketones (excluding diaryl/α,β-unsaturated/α-hetero) is 4. The van der Waals surface area contributed by atoms with Crippen molar-refractivity contribution in [3.8, 4) is 22.3 Å². The molecule has 8 aromatic carbocycles. The topological polar surface area (TPSA) is 110 Å². The maximum absolute atomic E-state index is 13.3. The molecule has 12 aromatic rings. The molecule has 2 aliphatic heterocycles. The van der Waals surface area contributed by atoms with Crippen LogP contribution < -0.4 is 9.80 Å². The summed E-state index contributed by atoms with van der Waals surface area (Å²) in [7, 11) is 3.94. The quantitative estimate of drug-likeness (QED) is 0.120. The number of aryl methyl sites for hydroxylation is 8. The van der Waals surface area contributed by atoms with Gasteiger partial charge in [0, 0.05) is 67.7 Å². The molecule has 4 aromatic heterocycles. The molecule has 6 heterocycles. The first kappa shape index (κ1) is 58.2. The van der Waals surface area contributed by atoms with E-state index in [1.54, 1.807) is 83.4 Å². The molecule has 0 saturated carbocycles. The molecular formula is C80H66N6O4S2. The zero-order valence-electron chi connectivity index (χ0n) is 53.5. The Hall–Kier alpha value is -10.1. The summed E-state index contributed by atoms with van der Waals surface area (Å²) in [6.07, 6.45) is 7.42. The van der Waals surface area contributed by atoms with Gasteiger partial charge in [0.25, 0.3) is 0 Å². The Balaban J connectivity index is 0.000000153. The number of thiophene rings is 2. The van der Waals surface area contributed by atoms with E-state index in [-0.39, 0.29) is 45.1 Å². The second-order valence-corrected chi connectivity index (χ2v) is 28.3. The first-order chi connectivity index (χ1) is 44.1. The lowest BCUT2D eigenvalue weighted by Crippen LogP contribution is -2.29. The monoisotopic (exact) mass is 1240 g/mol. The van der Waals surface area contributed by atoms with Crippen LogP contribution in [-0.4, -0.2) is 42.7 Å². The number of aromatic nitrogens is 4. The molecule has 0 radical (unpaired) electrons. The van der Waals surface area contributed by atoms with E-state index in [0.29, 0.717) is 22.3 Å². The molecule has 0 amide bonds. The normalized spacial score (nSPS) is 14.9. The number of ketones is 4. The van der Waals surface area contributed by atoms with Crippen LogP contribution in [-0.2, 0) is 24.9 Å². The lowest BCUT2D eigenvalue weighted by Gasteiger charge is -2.40. The Morgan fingerprint density at radius 3 is 1.28 bits per heavy atom. The SMILES string of the molecule is Cc1cc(C)c(-c2ccc3c(c2)C(C)(C)c2cc(C=C4C(=O)c5ccccc5C4=O)sc2N3c2cccc3c2cnn3C)c(C)c1.Cc1cc(C)c(-c2ccc3c(c2)C(C)(C)c2cc(C=C4C(=O)c5ccccc5C4=O)sc2N3c2cccc3cnn(C)c23)c(C)c1. The third-order valence-electron chi connectivity index (χ3n) is 19.3. The number of anilines is 6. The van der Waals surface area contributed by atoms with Crippen LogP contribution in [0.3, 0.4) is 0 Å². The summed E-state index contributed by atoms with van der Waals surface area (Å²) in [4.78, 5) is 59.8. The van der Waals surface area contributed by atoms with E-state index < -0.39 is 0 Å². The number of para-hydroxylation sites is 1. The maximum Gasteiger partial charge on any atom is 0.197 e. The van der Waals surface area contributed by atoms with E-state index in [9.17, 15) is 19.2 Å². The average molecular weight is 1240 g/mol. The lowest BCUT2D eigenvalue weighted by atomic mass is 9.74. The molecule has 2 aliphatic carbocycles. The second kappa shape index (κ2) is 21.2. The zero-order chi connectivity index (χ0) is 64.1. The van der Waals surface area contributed by atoms with E-state index in [0.717, 1.165) is 75.4 Å². The van der Waals surface area contributed by atoms with Crippen LogP contribution >= 0.6 is 22.7 Å². The number of fused-ring (bicyclic) bond motifs is 8. The molecule has 0 atom stereocenters. The van der Waals surface area contributed by atoms with Gasteiger partial charge in [0.05, 0.1) is 57.3 Å². The molecule has 452 valence electrons. The van der Waals surface area contributed by atoms with Gasteiger partial charge < -0.3 is 4.90 Å². The van der Waals surface area contributed by atoms with Crippen LogP contribution in [0.1, 0.15) is 135 Å². The Bertz CT molecular complexity index is 5210. The number of benzene rings is 8. The lowest BCUT2D eigenvalue weighted by molar-refractivity contribution is 0.0975. The highest BCUT2D eigenvalue weighted by Crippen LogP contribution is 2.59. The van der Waals surface area contributed by atoms with E-state index in [1.807, 2.05) is 35.9 Å². The molecule has 0 spiro atoms. The van der Waals surface area contributed by atoms with Crippen molar-refractivity contribution in [2.24, 2.45) is 14.1 Å². The molecule has 16 rings (SSSR count). The third kappa shape index (κ3) is 8.93. The molecule has 10 nitrogen and oxygen atoms in total. The van der Waals surface area contributed by atoms with Crippen LogP contribution in [0, 0.1) is 41.5 Å². The van der Waals surface area contributed by atoms with Crippen molar-refractivity contribution in [1.82, 2.24) is 19.6 Å². The number of rotatable bonds is 6. The van der Waals surface area contributed by atoms with Gasteiger partial charge in [-0.1, -0.05) is 142 Å². The van der Waals surface area contributed by atoms with Crippen LogP contribution in [0.15, 0.2) is 181 Å². The summed E-state index contributed by atoms with van der Waals surface area (Å²) >= 11 is 3.23. The summed E-state index contributed by atoms with van der Waals surface area (Å²) in [5, 5.41) is 13.5. The summed E-state index contributed by atoms with van der Waals surface area (Å²) in [5.74, 6) is -0.834. The van der Waals surface area contributed by atoms with Crippen LogP contribution in [0.5, 0.6) is 0 Å². The Morgan fingerprint density at radius 1 is 0.413 bits per heavy atom. The molecule has 0 fully saturated rings. The van der Waals surface area contributed by atoms with Crippen molar-refractivity contribution < 1.29 is 19.2 Å². The highest BCUT2D eigenvalue weighted by molar-refractivity contribution is 7.17. The van der Waals surface area contributed by atoms with Crippen molar-refractivity contribution >= 4 is 113 Å². The van der Waals surface area contributed by atoms with Crippen LogP contribution in [0.25, 0.3) is 56.2 Å². The van der Waals surface area contributed by atoms with Crippen molar-refractivity contribution in [2.45, 2.75) is 80.1 Å². The number of nitrogens with zero attached hydrogens (tertiary/aromatic N) is 6. The molecule has 92 heavy (non-hydrogen) atoms. The van der Waals surface area contributed by atoms with Gasteiger partial charge >= 0.3 is 0 Å². The maximum atomic E-state index is 13.3. The van der Waals surface area contributed by atoms with Gasteiger partial charge in [-0.25, -0.2) is 0 Å². The van der Waals surface area contributed by atoms with E-state index in [1.165, 1.54) is 66.8 Å². The number of hydrogen-bond donors (Lipinski definition) is 0. The van der Waals surface area contributed by atoms with Crippen molar-refractivity contribution in [2.75, 3.05) is 9.80 Å². The average Bonchev–Trinajstić information content (AvgIpc) is 1.30. The largest absolute Gasteiger partial charge is 0.301 e. The number of hydrogen-bond acceptors (Lipinski definition) is 10. The van der Waals surface area contributed by atoms with Crippen molar-refractivity contribution in [3.63, 3.8) is 0 Å². The minimum absolute atomic E-state index is 0.208. The highest BCUT2D eigenvalue weighted by Gasteiger charge is 2.43. The molecule has 0 N–H and O–H groups in total. The first-order valence-electron chi connectivity index (χ1n) is 31.0. The predicted octanol–water partition coefficient (Wildman–Crippen LogP) is 19.6. The van der Waals surface area contributed by atoms with Gasteiger partial charge in [0.2, 0.25) is 0 Å². The predicted molar refractivity (Wildman–Crippen MR) is 376 cm³/mol. The fourth-order valence-corrected chi connectivity index (χ4v) is 17.6. The fraction of sp³-hybridized carbons (Fsp3) is 0.175. The molecule has 0 saturated heterocycles. The van der Waals surface area contributed by atoms with Crippen molar-refractivity contribution in [3.05, 3.63) is 269 Å². The number of carbonyl (C=O) groups is 4. The molecule has 0 bridgehead atoms. The number of carbonyl (C=O) groups excluding carboxylic acids is 4. The van der Waals surface area contributed by atoms with Gasteiger partial charge in [-0.05, 0) is 175 Å². The second-order valence-electron chi connectivity index (χ2n) is 26.2. The van der Waals surface area contributed by atoms with Crippen LogP contribution in [0.4, 0.5) is 32.8 Å². The van der Waals surface area contributed by atoms with Gasteiger partial charge in [0.15, 0.2) is 23.1 Å². The van der Waals surface area contributed by atoms with E-state index >= 15 is 0 Å². The molecular weight excluding hydrogens is 1170 g/mol. The van der Waals surface area contributed by atoms with E-state index in [2.05, 4.69) is 198 Å². The van der Waals surface area contributed by atoms with Gasteiger partial charge in [-0.2, -0.15) is 10.2 Å². The Kier molecular flexibility index (Phi) is 13.4. The number of allylic oxidation sites excluding steroid dienone is 2. The van der Waals surface area contributed by atoms with Crippen LogP contribution in [0.2, 0.25) is 0 Å². The minimum Gasteiger partial charge on any atom is -0.301 e. The summed E-state index contributed by atoms with van der Waals surface area (Å²) < 4.78 is 3.83. The fourth-order valence-electron chi connectivity index (χ4n) is 15.0. The van der Waals surface area contributed by atoms with Gasteiger partial charge in [-0.3, -0.25) is 33.4 Å². The smallest absolute Gasteiger partial charge is 0.197 e. The molecule has 0 unspecified atom stereocenters. The molecule has 4 aliphatic rings. The van der Waals surface area contributed by atoms with Gasteiger partial charge in [0.1, 0.15) is 10.0 Å². The summed E-state index contributed by atoms with van der Waals surface area (Å²) in [6.45, 7) is 22.2. The minimum atomic E-state index is -0.357. The third-order valence-corrected chi connectivity index (χ3v) is 21.5. The van der Waals surface area contributed by atoms with E-state index in [4.69, 9.17) is 0 Å². The Morgan fingerprint density at radius 2 is 0.826 bits per heavy atom. The first-order valence-corrected chi connectivity index (χ1v) is 32.7.